The number of amides is 1. The molecule has 1 rings (SSSR count). The van der Waals surface area contributed by atoms with Gasteiger partial charge in [-0.3, -0.25) is 9.59 Å². The first-order chi connectivity index (χ1) is 7.74. The Labute approximate surface area is 108 Å². The van der Waals surface area contributed by atoms with Crippen LogP contribution in [0.15, 0.2) is 0 Å². The van der Waals surface area contributed by atoms with E-state index < -0.39 is 0 Å². The van der Waals surface area contributed by atoms with Crippen molar-refractivity contribution >= 4 is 24.3 Å². The van der Waals surface area contributed by atoms with Crippen LogP contribution in [0.2, 0.25) is 0 Å². The predicted molar refractivity (Wildman–Crippen MR) is 67.1 cm³/mol. The van der Waals surface area contributed by atoms with Crippen molar-refractivity contribution in [3.05, 3.63) is 0 Å². The lowest BCUT2D eigenvalue weighted by Gasteiger charge is -2.22. The van der Waals surface area contributed by atoms with Crippen LogP contribution in [-0.4, -0.2) is 37.6 Å². The Morgan fingerprint density at radius 3 is 2.76 bits per heavy atom. The summed E-state index contributed by atoms with van der Waals surface area (Å²) in [7, 11) is 0. The molecule has 5 nitrogen and oxygen atoms in total. The van der Waals surface area contributed by atoms with Crippen LogP contribution in [-0.2, 0) is 14.3 Å². The molecule has 1 fully saturated rings. The maximum Gasteiger partial charge on any atom is 0.307 e. The third kappa shape index (κ3) is 6.48. The molecule has 100 valence electrons. The van der Waals surface area contributed by atoms with E-state index >= 15 is 0 Å². The summed E-state index contributed by atoms with van der Waals surface area (Å²) in [6, 6.07) is -0.0871. The van der Waals surface area contributed by atoms with Gasteiger partial charge in [-0.2, -0.15) is 0 Å². The fourth-order valence-corrected chi connectivity index (χ4v) is 1.72. The third-order valence-electron chi connectivity index (χ3n) is 2.56. The minimum atomic E-state index is -0.264. The molecule has 0 aromatic rings. The Bertz CT molecular complexity index is 243. The Balaban J connectivity index is 0.00000256. The maximum atomic E-state index is 11.6. The second-order valence-electron chi connectivity index (χ2n) is 3.85. The van der Waals surface area contributed by atoms with Crippen molar-refractivity contribution < 1.29 is 14.3 Å². The third-order valence-corrected chi connectivity index (χ3v) is 2.56. The minimum Gasteiger partial charge on any atom is -0.466 e. The van der Waals surface area contributed by atoms with Gasteiger partial charge in [0.1, 0.15) is 0 Å². The summed E-state index contributed by atoms with van der Waals surface area (Å²) < 4.78 is 4.76. The first kappa shape index (κ1) is 16.2. The molecule has 1 heterocycles. The van der Waals surface area contributed by atoms with Crippen LogP contribution in [0.25, 0.3) is 0 Å². The lowest BCUT2D eigenvalue weighted by atomic mass is 10.0. The molecule has 1 amide bonds. The van der Waals surface area contributed by atoms with E-state index in [1.165, 1.54) is 0 Å². The predicted octanol–water partition coefficient (Wildman–Crippen LogP) is 0.620. The molecule has 0 spiro atoms. The molecule has 17 heavy (non-hydrogen) atoms. The Kier molecular flexibility index (Phi) is 8.80. The summed E-state index contributed by atoms with van der Waals surface area (Å²) >= 11 is 0. The number of rotatable bonds is 5. The van der Waals surface area contributed by atoms with Crippen molar-refractivity contribution in [1.82, 2.24) is 10.6 Å². The van der Waals surface area contributed by atoms with Crippen LogP contribution >= 0.6 is 12.4 Å². The second kappa shape index (κ2) is 9.24. The van der Waals surface area contributed by atoms with E-state index in [1.807, 2.05) is 0 Å². The van der Waals surface area contributed by atoms with Gasteiger partial charge in [0.2, 0.25) is 5.91 Å². The molecule has 1 saturated heterocycles. The molecule has 1 aliphatic rings. The summed E-state index contributed by atoms with van der Waals surface area (Å²) in [6.07, 6.45) is 3.34. The number of halogens is 1. The van der Waals surface area contributed by atoms with Crippen LogP contribution in [0.5, 0.6) is 0 Å². The number of nitrogens with one attached hydrogen (secondary N) is 2. The number of esters is 1. The molecule has 2 N–H and O–H groups in total. The Morgan fingerprint density at radius 2 is 2.18 bits per heavy atom. The van der Waals surface area contributed by atoms with Gasteiger partial charge in [-0.1, -0.05) is 6.42 Å². The summed E-state index contributed by atoms with van der Waals surface area (Å²) in [5.41, 5.74) is 0. The average Bonchev–Trinajstić information content (AvgIpc) is 2.30. The van der Waals surface area contributed by atoms with Gasteiger partial charge in [-0.25, -0.2) is 0 Å². The zero-order valence-corrected chi connectivity index (χ0v) is 11.0. The molecule has 1 atom stereocenters. The van der Waals surface area contributed by atoms with E-state index in [1.54, 1.807) is 6.92 Å². The molecule has 0 saturated carbocycles. The first-order valence-corrected chi connectivity index (χ1v) is 5.90. The van der Waals surface area contributed by atoms with Gasteiger partial charge in [0.25, 0.3) is 0 Å². The fraction of sp³-hybridized carbons (Fsp3) is 0.818. The van der Waals surface area contributed by atoms with Gasteiger partial charge in [0.05, 0.1) is 19.1 Å². The van der Waals surface area contributed by atoms with Crippen molar-refractivity contribution in [3.8, 4) is 0 Å². The zero-order valence-electron chi connectivity index (χ0n) is 10.2. The van der Waals surface area contributed by atoms with Crippen LogP contribution in [0, 0.1) is 0 Å². The number of hydrogen-bond donors (Lipinski definition) is 2. The van der Waals surface area contributed by atoms with Crippen molar-refractivity contribution in [2.45, 2.75) is 38.6 Å². The monoisotopic (exact) mass is 264 g/mol. The van der Waals surface area contributed by atoms with Crippen molar-refractivity contribution in [3.63, 3.8) is 0 Å². The van der Waals surface area contributed by atoms with E-state index in [0.29, 0.717) is 13.2 Å². The molecule has 0 aromatic carbocycles. The molecular weight excluding hydrogens is 244 g/mol. The van der Waals surface area contributed by atoms with Gasteiger partial charge in [-0.05, 0) is 26.3 Å². The van der Waals surface area contributed by atoms with Crippen LogP contribution in [0.1, 0.15) is 32.6 Å². The number of ether oxygens (including phenoxy) is 1. The topological polar surface area (TPSA) is 67.4 Å². The summed E-state index contributed by atoms with van der Waals surface area (Å²) in [6.45, 7) is 3.41. The fourth-order valence-electron chi connectivity index (χ4n) is 1.72. The van der Waals surface area contributed by atoms with Crippen molar-refractivity contribution in [2.24, 2.45) is 0 Å². The lowest BCUT2D eigenvalue weighted by Crippen LogP contribution is -2.47. The van der Waals surface area contributed by atoms with Gasteiger partial charge in [-0.15, -0.1) is 12.4 Å². The summed E-state index contributed by atoms with van der Waals surface area (Å²) in [5.74, 6) is -0.275. The van der Waals surface area contributed by atoms with E-state index in [2.05, 4.69) is 10.6 Å². The highest BCUT2D eigenvalue weighted by Crippen LogP contribution is 2.06. The smallest absolute Gasteiger partial charge is 0.307 e. The molecule has 1 aliphatic heterocycles. The van der Waals surface area contributed by atoms with Gasteiger partial charge < -0.3 is 15.4 Å². The van der Waals surface area contributed by atoms with Crippen LogP contribution < -0.4 is 10.6 Å². The van der Waals surface area contributed by atoms with Crippen molar-refractivity contribution in [2.75, 3.05) is 19.7 Å². The van der Waals surface area contributed by atoms with E-state index in [-0.39, 0.29) is 36.7 Å². The quantitative estimate of drug-likeness (QED) is 0.715. The Hall–Kier alpha value is -0.810. The van der Waals surface area contributed by atoms with Gasteiger partial charge >= 0.3 is 5.97 Å². The lowest BCUT2D eigenvalue weighted by molar-refractivity contribution is -0.143. The number of carbonyl (C=O) groups is 2. The molecular formula is C11H21ClN2O3. The molecule has 0 radical (unpaired) electrons. The molecule has 0 aromatic heterocycles. The van der Waals surface area contributed by atoms with Crippen LogP contribution in [0.3, 0.4) is 0 Å². The minimum absolute atomic E-state index is 0. The standard InChI is InChI=1S/C11H20N2O3.ClH/c1-2-16-10(14)6-8-13-11(15)9-5-3-4-7-12-9;/h9,12H,2-8H2,1H3,(H,13,15);1H/t9-;/m1./s1. The highest BCUT2D eigenvalue weighted by molar-refractivity contribution is 5.85. The molecule has 6 heteroatoms. The Morgan fingerprint density at radius 1 is 1.41 bits per heavy atom. The highest BCUT2D eigenvalue weighted by Gasteiger charge is 2.19. The normalized spacial score (nSPS) is 19.0. The van der Waals surface area contributed by atoms with E-state index in [4.69, 9.17) is 4.74 Å². The molecule has 0 bridgehead atoms. The highest BCUT2D eigenvalue weighted by atomic mass is 35.5. The first-order valence-electron chi connectivity index (χ1n) is 5.90. The largest absolute Gasteiger partial charge is 0.466 e. The second-order valence-corrected chi connectivity index (χ2v) is 3.85. The van der Waals surface area contributed by atoms with E-state index in [9.17, 15) is 9.59 Å². The van der Waals surface area contributed by atoms with Crippen molar-refractivity contribution in [1.29, 1.82) is 0 Å². The van der Waals surface area contributed by atoms with Gasteiger partial charge in [0.15, 0.2) is 0 Å². The molecule has 0 aliphatic carbocycles. The number of piperidine rings is 1. The van der Waals surface area contributed by atoms with E-state index in [0.717, 1.165) is 25.8 Å². The average molecular weight is 265 g/mol. The SMILES string of the molecule is CCOC(=O)CCNC(=O)[C@H]1CCCCN1.Cl. The van der Waals surface area contributed by atoms with Crippen LogP contribution in [0.4, 0.5) is 0 Å². The summed E-state index contributed by atoms with van der Waals surface area (Å²) in [4.78, 5) is 22.6. The summed E-state index contributed by atoms with van der Waals surface area (Å²) in [5, 5.41) is 5.89. The number of carbonyl (C=O) groups excluding carboxylic acids is 2. The maximum absolute atomic E-state index is 11.6. The van der Waals surface area contributed by atoms with Gasteiger partial charge in [0, 0.05) is 6.54 Å². The molecule has 0 unspecified atom stereocenters. The zero-order chi connectivity index (χ0) is 11.8. The number of hydrogen-bond acceptors (Lipinski definition) is 4.